The van der Waals surface area contributed by atoms with Crippen LogP contribution >= 0.6 is 0 Å². The van der Waals surface area contributed by atoms with Crippen LogP contribution in [0.25, 0.3) is 0 Å². The van der Waals surface area contributed by atoms with Gasteiger partial charge in [0.2, 0.25) is 17.7 Å². The second kappa shape index (κ2) is 9.80. The minimum atomic E-state index is -0.405. The third kappa shape index (κ3) is 5.07. The summed E-state index contributed by atoms with van der Waals surface area (Å²) >= 11 is 0. The number of hydrogen-bond donors (Lipinski definition) is 1. The lowest BCUT2D eigenvalue weighted by molar-refractivity contribution is -0.131. The average Bonchev–Trinajstić information content (AvgIpc) is 3.22. The smallest absolute Gasteiger partial charge is 0.227 e. The Hall–Kier alpha value is -3.42. The first-order valence-electron chi connectivity index (χ1n) is 10.9. The van der Waals surface area contributed by atoms with E-state index in [1.807, 2.05) is 30.3 Å². The molecule has 0 saturated carbocycles. The molecule has 3 amide bonds. The van der Waals surface area contributed by atoms with Crippen molar-refractivity contribution < 1.29 is 18.8 Å². The highest BCUT2D eigenvalue weighted by molar-refractivity contribution is 6.00. The van der Waals surface area contributed by atoms with Gasteiger partial charge < -0.3 is 20.0 Å². The monoisotopic (exact) mass is 438 g/mol. The number of piperazine rings is 1. The summed E-state index contributed by atoms with van der Waals surface area (Å²) in [5, 5.41) is 2.82. The molecule has 2 heterocycles. The van der Waals surface area contributed by atoms with Crippen molar-refractivity contribution >= 4 is 29.1 Å². The highest BCUT2D eigenvalue weighted by atomic mass is 19.1. The summed E-state index contributed by atoms with van der Waals surface area (Å²) in [5.74, 6) is -0.925. The third-order valence-electron chi connectivity index (χ3n) is 6.03. The lowest BCUT2D eigenvalue weighted by Crippen LogP contribution is -2.49. The molecule has 8 heteroatoms. The fraction of sp³-hybridized carbons (Fsp3) is 0.375. The standard InChI is InChI=1S/C24H27FN4O3/c25-19-6-8-20(9-7-19)27-12-14-28(15-13-27)22(30)10-11-26-24(32)18-16-23(31)29(17-18)21-4-2-1-3-5-21/h1-9,18H,10-17H2,(H,26,32)/t18-/m0/s1. The molecule has 0 spiro atoms. The first kappa shape index (κ1) is 21.8. The van der Waals surface area contributed by atoms with Crippen LogP contribution in [0.3, 0.4) is 0 Å². The Kier molecular flexibility index (Phi) is 6.68. The van der Waals surface area contributed by atoms with Crippen LogP contribution in [0.15, 0.2) is 54.6 Å². The van der Waals surface area contributed by atoms with Gasteiger partial charge in [-0.25, -0.2) is 4.39 Å². The van der Waals surface area contributed by atoms with Crippen molar-refractivity contribution in [3.8, 4) is 0 Å². The van der Waals surface area contributed by atoms with Crippen LogP contribution in [0, 0.1) is 11.7 Å². The molecule has 32 heavy (non-hydrogen) atoms. The number of carbonyl (C=O) groups is 3. The summed E-state index contributed by atoms with van der Waals surface area (Å²) in [7, 11) is 0. The van der Waals surface area contributed by atoms with E-state index in [4.69, 9.17) is 0 Å². The largest absolute Gasteiger partial charge is 0.368 e. The van der Waals surface area contributed by atoms with Gasteiger partial charge in [0, 0.05) is 63.5 Å². The second-order valence-electron chi connectivity index (χ2n) is 8.13. The minimum Gasteiger partial charge on any atom is -0.368 e. The number of benzene rings is 2. The average molecular weight is 439 g/mol. The summed E-state index contributed by atoms with van der Waals surface area (Å²) in [4.78, 5) is 42.9. The molecule has 0 aliphatic carbocycles. The Balaban J connectivity index is 1.19. The molecule has 0 bridgehead atoms. The maximum Gasteiger partial charge on any atom is 0.227 e. The molecule has 1 atom stereocenters. The van der Waals surface area contributed by atoms with Gasteiger partial charge >= 0.3 is 0 Å². The van der Waals surface area contributed by atoms with Crippen molar-refractivity contribution in [3.05, 3.63) is 60.4 Å². The highest BCUT2D eigenvalue weighted by Crippen LogP contribution is 2.25. The summed E-state index contributed by atoms with van der Waals surface area (Å²) < 4.78 is 13.1. The molecular weight excluding hydrogens is 411 g/mol. The molecule has 1 N–H and O–H groups in total. The van der Waals surface area contributed by atoms with Crippen molar-refractivity contribution in [2.24, 2.45) is 5.92 Å². The lowest BCUT2D eigenvalue weighted by atomic mass is 10.1. The zero-order chi connectivity index (χ0) is 22.5. The maximum atomic E-state index is 13.1. The Bertz CT molecular complexity index is 959. The number of carbonyl (C=O) groups excluding carboxylic acids is 3. The Labute approximate surface area is 186 Å². The zero-order valence-electron chi connectivity index (χ0n) is 17.9. The van der Waals surface area contributed by atoms with E-state index in [1.54, 1.807) is 21.9 Å². The number of nitrogens with zero attached hydrogens (tertiary/aromatic N) is 3. The Morgan fingerprint density at radius 2 is 1.62 bits per heavy atom. The van der Waals surface area contributed by atoms with Crippen LogP contribution in [-0.2, 0) is 14.4 Å². The fourth-order valence-corrected chi connectivity index (χ4v) is 4.20. The molecule has 2 aromatic rings. The van der Waals surface area contributed by atoms with Gasteiger partial charge in [-0.05, 0) is 36.4 Å². The van der Waals surface area contributed by atoms with Crippen molar-refractivity contribution in [2.45, 2.75) is 12.8 Å². The molecule has 0 aromatic heterocycles. The summed E-state index contributed by atoms with van der Waals surface area (Å²) in [6.07, 6.45) is 0.408. The fourth-order valence-electron chi connectivity index (χ4n) is 4.20. The number of anilines is 2. The van der Waals surface area contributed by atoms with Crippen LogP contribution in [0.5, 0.6) is 0 Å². The Morgan fingerprint density at radius 3 is 2.31 bits per heavy atom. The van der Waals surface area contributed by atoms with E-state index in [2.05, 4.69) is 10.2 Å². The molecule has 7 nitrogen and oxygen atoms in total. The van der Waals surface area contributed by atoms with Crippen LogP contribution < -0.4 is 15.1 Å². The lowest BCUT2D eigenvalue weighted by Gasteiger charge is -2.36. The van der Waals surface area contributed by atoms with Crippen molar-refractivity contribution in [3.63, 3.8) is 0 Å². The van der Waals surface area contributed by atoms with E-state index in [-0.39, 0.29) is 42.9 Å². The molecule has 2 aliphatic rings. The van der Waals surface area contributed by atoms with Crippen molar-refractivity contribution in [2.75, 3.05) is 49.1 Å². The molecule has 4 rings (SSSR count). The van der Waals surface area contributed by atoms with Crippen molar-refractivity contribution in [1.82, 2.24) is 10.2 Å². The number of rotatable bonds is 6. The molecule has 0 radical (unpaired) electrons. The zero-order valence-corrected chi connectivity index (χ0v) is 17.9. The van der Waals surface area contributed by atoms with Gasteiger partial charge in [0.1, 0.15) is 5.82 Å². The molecule has 2 saturated heterocycles. The van der Waals surface area contributed by atoms with Crippen LogP contribution in [-0.4, -0.2) is 61.9 Å². The van der Waals surface area contributed by atoms with Gasteiger partial charge in [-0.2, -0.15) is 0 Å². The van der Waals surface area contributed by atoms with Crippen LogP contribution in [0.2, 0.25) is 0 Å². The molecule has 168 valence electrons. The molecular formula is C24H27FN4O3. The number of para-hydroxylation sites is 1. The van der Waals surface area contributed by atoms with Gasteiger partial charge in [0.05, 0.1) is 5.92 Å². The third-order valence-corrected chi connectivity index (χ3v) is 6.03. The quantitative estimate of drug-likeness (QED) is 0.749. The highest BCUT2D eigenvalue weighted by Gasteiger charge is 2.35. The van der Waals surface area contributed by atoms with Crippen LogP contribution in [0.4, 0.5) is 15.8 Å². The predicted octanol–water partition coefficient (Wildman–Crippen LogP) is 2.03. The molecule has 2 aliphatic heterocycles. The van der Waals surface area contributed by atoms with E-state index in [9.17, 15) is 18.8 Å². The second-order valence-corrected chi connectivity index (χ2v) is 8.13. The first-order valence-corrected chi connectivity index (χ1v) is 10.9. The minimum absolute atomic E-state index is 0.00235. The number of halogens is 1. The van der Waals surface area contributed by atoms with Crippen molar-refractivity contribution in [1.29, 1.82) is 0 Å². The number of amides is 3. The SMILES string of the molecule is O=C(NCCC(=O)N1CCN(c2ccc(F)cc2)CC1)[C@H]1CC(=O)N(c2ccccc2)C1. The van der Waals surface area contributed by atoms with Gasteiger partial charge in [-0.3, -0.25) is 14.4 Å². The molecule has 0 unspecified atom stereocenters. The van der Waals surface area contributed by atoms with E-state index in [0.29, 0.717) is 32.7 Å². The summed E-state index contributed by atoms with van der Waals surface area (Å²) in [5.41, 5.74) is 1.74. The maximum absolute atomic E-state index is 13.1. The van der Waals surface area contributed by atoms with E-state index in [1.165, 1.54) is 12.1 Å². The van der Waals surface area contributed by atoms with Gasteiger partial charge in [-0.1, -0.05) is 18.2 Å². The van der Waals surface area contributed by atoms with Gasteiger partial charge in [0.15, 0.2) is 0 Å². The normalized spacial score (nSPS) is 18.7. The van der Waals surface area contributed by atoms with E-state index in [0.717, 1.165) is 11.4 Å². The summed E-state index contributed by atoms with van der Waals surface area (Å²) in [6, 6.07) is 15.7. The van der Waals surface area contributed by atoms with Crippen LogP contribution in [0.1, 0.15) is 12.8 Å². The first-order chi connectivity index (χ1) is 15.5. The Morgan fingerprint density at radius 1 is 0.938 bits per heavy atom. The predicted molar refractivity (Wildman–Crippen MR) is 120 cm³/mol. The topological polar surface area (TPSA) is 73.0 Å². The van der Waals surface area contributed by atoms with Gasteiger partial charge in [-0.15, -0.1) is 0 Å². The number of hydrogen-bond acceptors (Lipinski definition) is 4. The summed E-state index contributed by atoms with van der Waals surface area (Å²) in [6.45, 7) is 3.16. The number of nitrogens with one attached hydrogen (secondary N) is 1. The van der Waals surface area contributed by atoms with E-state index < -0.39 is 5.92 Å². The van der Waals surface area contributed by atoms with Gasteiger partial charge in [0.25, 0.3) is 0 Å². The molecule has 2 fully saturated rings. The molecule has 2 aromatic carbocycles. The van der Waals surface area contributed by atoms with E-state index >= 15 is 0 Å².